The third kappa shape index (κ3) is 3.82. The molecule has 1 aromatic heterocycles. The van der Waals surface area contributed by atoms with E-state index in [1.165, 1.54) is 0 Å². The molecule has 0 saturated carbocycles. The van der Waals surface area contributed by atoms with Crippen molar-refractivity contribution in [3.63, 3.8) is 0 Å². The molecule has 1 amide bonds. The molecule has 4 heteroatoms. The molecule has 1 heterocycles. The van der Waals surface area contributed by atoms with Gasteiger partial charge in [-0.3, -0.25) is 9.78 Å². The molecule has 2 aromatic rings. The minimum absolute atomic E-state index is 0.0124. The van der Waals surface area contributed by atoms with Gasteiger partial charge in [-0.05, 0) is 41.8 Å². The number of aromatic nitrogens is 1. The van der Waals surface area contributed by atoms with Gasteiger partial charge in [0.05, 0.1) is 12.5 Å². The molecule has 20 heavy (non-hydrogen) atoms. The van der Waals surface area contributed by atoms with E-state index in [1.807, 2.05) is 36.4 Å². The average Bonchev–Trinajstić information content (AvgIpc) is 2.48. The minimum Gasteiger partial charge on any atom is -0.399 e. The Bertz CT molecular complexity index is 552. The molecule has 1 atom stereocenters. The predicted octanol–water partition coefficient (Wildman–Crippen LogP) is 2.47. The molecule has 104 valence electrons. The Morgan fingerprint density at radius 3 is 2.45 bits per heavy atom. The average molecular weight is 269 g/mol. The number of carbonyl (C=O) groups excluding carboxylic acids is 1. The van der Waals surface area contributed by atoms with E-state index in [0.717, 1.165) is 17.5 Å². The number of rotatable bonds is 5. The van der Waals surface area contributed by atoms with Gasteiger partial charge in [0.2, 0.25) is 5.91 Å². The number of hydrogen-bond acceptors (Lipinski definition) is 3. The third-order valence-electron chi connectivity index (χ3n) is 3.20. The molecule has 0 saturated heterocycles. The molecule has 0 spiro atoms. The van der Waals surface area contributed by atoms with Gasteiger partial charge in [0.15, 0.2) is 0 Å². The monoisotopic (exact) mass is 269 g/mol. The Hall–Kier alpha value is -2.36. The predicted molar refractivity (Wildman–Crippen MR) is 80.0 cm³/mol. The Balaban J connectivity index is 1.97. The number of amides is 1. The fourth-order valence-electron chi connectivity index (χ4n) is 2.08. The Kier molecular flexibility index (Phi) is 4.71. The topological polar surface area (TPSA) is 68.0 Å². The molecule has 2 rings (SSSR count). The van der Waals surface area contributed by atoms with E-state index in [-0.39, 0.29) is 11.9 Å². The van der Waals surface area contributed by atoms with Crippen LogP contribution in [-0.2, 0) is 11.2 Å². The second-order valence-electron chi connectivity index (χ2n) is 4.73. The molecular weight excluding hydrogens is 250 g/mol. The number of anilines is 1. The molecule has 1 aromatic carbocycles. The lowest BCUT2D eigenvalue weighted by Crippen LogP contribution is -2.29. The van der Waals surface area contributed by atoms with Crippen LogP contribution < -0.4 is 11.1 Å². The summed E-state index contributed by atoms with van der Waals surface area (Å²) in [5, 5.41) is 3.05. The zero-order chi connectivity index (χ0) is 14.4. The smallest absolute Gasteiger partial charge is 0.224 e. The molecule has 4 nitrogen and oxygen atoms in total. The summed E-state index contributed by atoms with van der Waals surface area (Å²) in [5.74, 6) is 0.0124. The van der Waals surface area contributed by atoms with E-state index in [1.54, 1.807) is 12.4 Å². The van der Waals surface area contributed by atoms with Gasteiger partial charge in [0.25, 0.3) is 0 Å². The van der Waals surface area contributed by atoms with E-state index < -0.39 is 0 Å². The van der Waals surface area contributed by atoms with E-state index in [2.05, 4.69) is 17.2 Å². The van der Waals surface area contributed by atoms with Gasteiger partial charge in [-0.15, -0.1) is 0 Å². The summed E-state index contributed by atoms with van der Waals surface area (Å²) < 4.78 is 0. The van der Waals surface area contributed by atoms with E-state index >= 15 is 0 Å². The van der Waals surface area contributed by atoms with Crippen LogP contribution in [0.2, 0.25) is 0 Å². The van der Waals surface area contributed by atoms with Crippen molar-refractivity contribution in [3.05, 3.63) is 59.9 Å². The SMILES string of the molecule is CCC(NC(=O)Cc1ccc(N)cc1)c1ccncc1. The number of benzene rings is 1. The highest BCUT2D eigenvalue weighted by molar-refractivity contribution is 5.79. The van der Waals surface area contributed by atoms with Gasteiger partial charge in [0.1, 0.15) is 0 Å². The van der Waals surface area contributed by atoms with Crippen LogP contribution >= 0.6 is 0 Å². The first kappa shape index (κ1) is 14.1. The molecule has 0 radical (unpaired) electrons. The summed E-state index contributed by atoms with van der Waals surface area (Å²) in [6.45, 7) is 2.05. The van der Waals surface area contributed by atoms with Gasteiger partial charge < -0.3 is 11.1 Å². The molecule has 0 aliphatic carbocycles. The Morgan fingerprint density at radius 2 is 1.85 bits per heavy atom. The molecular formula is C16H19N3O. The zero-order valence-electron chi connectivity index (χ0n) is 11.5. The molecule has 0 aliphatic heterocycles. The Labute approximate surface area is 119 Å². The fraction of sp³-hybridized carbons (Fsp3) is 0.250. The van der Waals surface area contributed by atoms with Crippen LogP contribution in [0.3, 0.4) is 0 Å². The summed E-state index contributed by atoms with van der Waals surface area (Å²) >= 11 is 0. The third-order valence-corrected chi connectivity index (χ3v) is 3.20. The Morgan fingerprint density at radius 1 is 1.20 bits per heavy atom. The van der Waals surface area contributed by atoms with Crippen LogP contribution in [0.25, 0.3) is 0 Å². The maximum absolute atomic E-state index is 12.1. The standard InChI is InChI=1S/C16H19N3O/c1-2-15(13-7-9-18-10-8-13)19-16(20)11-12-3-5-14(17)6-4-12/h3-10,15H,2,11,17H2,1H3,(H,19,20). The lowest BCUT2D eigenvalue weighted by molar-refractivity contribution is -0.121. The van der Waals surface area contributed by atoms with Crippen molar-refractivity contribution in [3.8, 4) is 0 Å². The lowest BCUT2D eigenvalue weighted by Gasteiger charge is -2.17. The van der Waals surface area contributed by atoms with Crippen molar-refractivity contribution in [1.29, 1.82) is 0 Å². The highest BCUT2D eigenvalue weighted by Gasteiger charge is 2.12. The molecule has 0 fully saturated rings. The largest absolute Gasteiger partial charge is 0.399 e. The van der Waals surface area contributed by atoms with Crippen molar-refractivity contribution in [2.45, 2.75) is 25.8 Å². The van der Waals surface area contributed by atoms with Gasteiger partial charge in [-0.2, -0.15) is 0 Å². The number of pyridine rings is 1. The van der Waals surface area contributed by atoms with Crippen LogP contribution in [0.1, 0.15) is 30.5 Å². The molecule has 0 aliphatic rings. The van der Waals surface area contributed by atoms with E-state index in [9.17, 15) is 4.79 Å². The first-order valence-corrected chi connectivity index (χ1v) is 6.72. The highest BCUT2D eigenvalue weighted by atomic mass is 16.1. The summed E-state index contributed by atoms with van der Waals surface area (Å²) in [7, 11) is 0. The van der Waals surface area contributed by atoms with Crippen molar-refractivity contribution in [1.82, 2.24) is 10.3 Å². The first-order chi connectivity index (χ1) is 9.69. The van der Waals surface area contributed by atoms with E-state index in [4.69, 9.17) is 5.73 Å². The van der Waals surface area contributed by atoms with Gasteiger partial charge in [-0.25, -0.2) is 0 Å². The van der Waals surface area contributed by atoms with Crippen LogP contribution in [-0.4, -0.2) is 10.9 Å². The first-order valence-electron chi connectivity index (χ1n) is 6.72. The number of carbonyl (C=O) groups is 1. The zero-order valence-corrected chi connectivity index (χ0v) is 11.5. The maximum Gasteiger partial charge on any atom is 0.224 e. The van der Waals surface area contributed by atoms with E-state index in [0.29, 0.717) is 12.1 Å². The van der Waals surface area contributed by atoms with Crippen molar-refractivity contribution in [2.24, 2.45) is 0 Å². The highest BCUT2D eigenvalue weighted by Crippen LogP contribution is 2.15. The van der Waals surface area contributed by atoms with Gasteiger partial charge in [-0.1, -0.05) is 19.1 Å². The van der Waals surface area contributed by atoms with Crippen LogP contribution in [0.5, 0.6) is 0 Å². The van der Waals surface area contributed by atoms with Gasteiger partial charge >= 0.3 is 0 Å². The van der Waals surface area contributed by atoms with Crippen molar-refractivity contribution >= 4 is 11.6 Å². The quantitative estimate of drug-likeness (QED) is 0.819. The number of nitrogens with zero attached hydrogens (tertiary/aromatic N) is 1. The molecule has 1 unspecified atom stereocenters. The number of hydrogen-bond donors (Lipinski definition) is 2. The van der Waals surface area contributed by atoms with Crippen LogP contribution in [0.4, 0.5) is 5.69 Å². The summed E-state index contributed by atoms with van der Waals surface area (Å²) in [6.07, 6.45) is 4.69. The van der Waals surface area contributed by atoms with Gasteiger partial charge in [0, 0.05) is 18.1 Å². The molecule has 3 N–H and O–H groups in total. The second-order valence-corrected chi connectivity index (χ2v) is 4.73. The number of nitrogens with one attached hydrogen (secondary N) is 1. The second kappa shape index (κ2) is 6.70. The van der Waals surface area contributed by atoms with Crippen LogP contribution in [0, 0.1) is 0 Å². The lowest BCUT2D eigenvalue weighted by atomic mass is 10.1. The normalized spacial score (nSPS) is 11.8. The summed E-state index contributed by atoms with van der Waals surface area (Å²) in [5.41, 5.74) is 8.37. The van der Waals surface area contributed by atoms with Crippen molar-refractivity contribution < 1.29 is 4.79 Å². The minimum atomic E-state index is 0.0124. The van der Waals surface area contributed by atoms with Crippen molar-refractivity contribution in [2.75, 3.05) is 5.73 Å². The number of nitrogen functional groups attached to an aromatic ring is 1. The fourth-order valence-corrected chi connectivity index (χ4v) is 2.08. The summed E-state index contributed by atoms with van der Waals surface area (Å²) in [6, 6.07) is 11.3. The maximum atomic E-state index is 12.1. The van der Waals surface area contributed by atoms with Crippen LogP contribution in [0.15, 0.2) is 48.8 Å². The number of nitrogens with two attached hydrogens (primary N) is 1. The summed E-state index contributed by atoms with van der Waals surface area (Å²) in [4.78, 5) is 16.1. The molecule has 0 bridgehead atoms.